The molecule has 104 valence electrons. The van der Waals surface area contributed by atoms with E-state index in [2.05, 4.69) is 9.72 Å². The van der Waals surface area contributed by atoms with E-state index in [9.17, 15) is 18.0 Å². The van der Waals surface area contributed by atoms with Crippen LogP contribution in [0.3, 0.4) is 0 Å². The normalized spacial score (nSPS) is 10.8. The summed E-state index contributed by atoms with van der Waals surface area (Å²) < 4.78 is 29.7. The van der Waals surface area contributed by atoms with Crippen LogP contribution in [0, 0.1) is 0 Å². The van der Waals surface area contributed by atoms with Gasteiger partial charge in [-0.25, -0.2) is 13.2 Å². The van der Waals surface area contributed by atoms with Gasteiger partial charge in [0.1, 0.15) is 0 Å². The third kappa shape index (κ3) is 4.54. The van der Waals surface area contributed by atoms with Gasteiger partial charge in [-0.05, 0) is 13.0 Å². The summed E-state index contributed by atoms with van der Waals surface area (Å²) in [7, 11) is -4.04. The summed E-state index contributed by atoms with van der Waals surface area (Å²) in [5.74, 6) is -3.12. The van der Waals surface area contributed by atoms with Gasteiger partial charge in [-0.2, -0.15) is 0 Å². The summed E-state index contributed by atoms with van der Waals surface area (Å²) in [4.78, 5) is 25.6. The van der Waals surface area contributed by atoms with Crippen LogP contribution in [0.25, 0.3) is 0 Å². The van der Waals surface area contributed by atoms with Gasteiger partial charge in [0.05, 0.1) is 24.1 Å². The number of anilines is 1. The molecule has 0 aliphatic rings. The number of carbonyl (C=O) groups excluding carboxylic acids is 1. The Kier molecular flexibility index (Phi) is 4.81. The van der Waals surface area contributed by atoms with Crippen molar-refractivity contribution in [3.63, 3.8) is 0 Å². The number of esters is 1. The monoisotopic (exact) mass is 288 g/mol. The molecule has 1 aromatic rings. The van der Waals surface area contributed by atoms with E-state index in [0.717, 1.165) is 12.3 Å². The van der Waals surface area contributed by atoms with Gasteiger partial charge in [0.2, 0.25) is 10.0 Å². The van der Waals surface area contributed by atoms with Gasteiger partial charge in [-0.1, -0.05) is 0 Å². The van der Waals surface area contributed by atoms with Crippen molar-refractivity contribution in [1.29, 1.82) is 0 Å². The first-order valence-corrected chi connectivity index (χ1v) is 6.84. The molecule has 0 unspecified atom stereocenters. The van der Waals surface area contributed by atoms with Crippen LogP contribution in [0.4, 0.5) is 5.69 Å². The van der Waals surface area contributed by atoms with Gasteiger partial charge in [-0.15, -0.1) is 0 Å². The average molecular weight is 288 g/mol. The molecular formula is C10H12N2O6S. The third-order valence-corrected chi connectivity index (χ3v) is 3.08. The molecule has 9 heteroatoms. The second kappa shape index (κ2) is 6.14. The van der Waals surface area contributed by atoms with Crippen LogP contribution in [0.5, 0.6) is 0 Å². The summed E-state index contributed by atoms with van der Waals surface area (Å²) in [5.41, 5.74) is -0.471. The lowest BCUT2D eigenvalue weighted by Gasteiger charge is -2.09. The number of nitrogens with one attached hydrogen (secondary N) is 1. The second-order valence-corrected chi connectivity index (χ2v) is 5.11. The summed E-state index contributed by atoms with van der Waals surface area (Å²) in [5, 5.41) is 8.87. The zero-order valence-electron chi connectivity index (χ0n) is 9.99. The molecule has 0 saturated heterocycles. The Balaban J connectivity index is 2.90. The first-order valence-electron chi connectivity index (χ1n) is 5.19. The largest absolute Gasteiger partial charge is 0.478 e. The molecule has 8 nitrogen and oxygen atoms in total. The van der Waals surface area contributed by atoms with Crippen molar-refractivity contribution < 1.29 is 27.9 Å². The van der Waals surface area contributed by atoms with E-state index < -0.39 is 27.7 Å². The molecule has 0 radical (unpaired) electrons. The minimum atomic E-state index is -4.04. The molecule has 0 aliphatic heterocycles. The molecule has 0 bridgehead atoms. The molecule has 1 rings (SSSR count). The van der Waals surface area contributed by atoms with Crippen molar-refractivity contribution >= 4 is 27.6 Å². The maximum Gasteiger partial charge on any atom is 0.337 e. The van der Waals surface area contributed by atoms with E-state index in [1.807, 2.05) is 4.72 Å². The molecule has 2 N–H and O–H groups in total. The van der Waals surface area contributed by atoms with Gasteiger partial charge in [0.15, 0.2) is 5.75 Å². The summed E-state index contributed by atoms with van der Waals surface area (Å²) in [6.07, 6.45) is 2.26. The topological polar surface area (TPSA) is 123 Å². The van der Waals surface area contributed by atoms with Crippen LogP contribution in [-0.4, -0.2) is 42.8 Å². The number of carboxylic acid groups (broad SMARTS) is 1. The van der Waals surface area contributed by atoms with Crippen LogP contribution in [0.2, 0.25) is 0 Å². The molecule has 0 spiro atoms. The molecule has 0 aliphatic carbocycles. The number of pyridine rings is 1. The van der Waals surface area contributed by atoms with Gasteiger partial charge < -0.3 is 9.84 Å². The number of carboxylic acids is 1. The van der Waals surface area contributed by atoms with Gasteiger partial charge in [0.25, 0.3) is 0 Å². The zero-order valence-corrected chi connectivity index (χ0v) is 10.8. The van der Waals surface area contributed by atoms with Crippen molar-refractivity contribution in [3.05, 3.63) is 24.0 Å². The van der Waals surface area contributed by atoms with Crippen molar-refractivity contribution in [2.45, 2.75) is 6.92 Å². The minimum Gasteiger partial charge on any atom is -0.478 e. The lowest BCUT2D eigenvalue weighted by Crippen LogP contribution is -2.25. The Morgan fingerprint density at radius 2 is 2.16 bits per heavy atom. The Morgan fingerprint density at radius 3 is 2.74 bits per heavy atom. The lowest BCUT2D eigenvalue weighted by molar-refractivity contribution is -0.139. The second-order valence-electron chi connectivity index (χ2n) is 3.39. The lowest BCUT2D eigenvalue weighted by atomic mass is 10.2. The molecule has 0 saturated carbocycles. The molecule has 19 heavy (non-hydrogen) atoms. The van der Waals surface area contributed by atoms with Crippen molar-refractivity contribution in [1.82, 2.24) is 4.98 Å². The highest BCUT2D eigenvalue weighted by Crippen LogP contribution is 2.15. The van der Waals surface area contributed by atoms with E-state index in [0.29, 0.717) is 0 Å². The van der Waals surface area contributed by atoms with Crippen molar-refractivity contribution in [3.8, 4) is 0 Å². The first kappa shape index (κ1) is 14.9. The van der Waals surface area contributed by atoms with Crippen LogP contribution >= 0.6 is 0 Å². The van der Waals surface area contributed by atoms with Gasteiger partial charge in [-0.3, -0.25) is 14.5 Å². The number of aromatic nitrogens is 1. The fraction of sp³-hybridized carbons (Fsp3) is 0.300. The molecule has 0 fully saturated rings. The first-order chi connectivity index (χ1) is 8.85. The van der Waals surface area contributed by atoms with Crippen LogP contribution < -0.4 is 4.72 Å². The van der Waals surface area contributed by atoms with Crippen LogP contribution in [0.15, 0.2) is 18.5 Å². The fourth-order valence-electron chi connectivity index (χ4n) is 1.22. The fourth-order valence-corrected chi connectivity index (χ4v) is 2.19. The molecule has 0 atom stereocenters. The highest BCUT2D eigenvalue weighted by Gasteiger charge is 2.20. The van der Waals surface area contributed by atoms with E-state index >= 15 is 0 Å². The minimum absolute atomic E-state index is 0.0572. The quantitative estimate of drug-likeness (QED) is 0.711. The zero-order chi connectivity index (χ0) is 14.5. The molecule has 0 aromatic carbocycles. The summed E-state index contributed by atoms with van der Waals surface area (Å²) >= 11 is 0. The smallest absolute Gasteiger partial charge is 0.337 e. The molecule has 1 heterocycles. The number of aromatic carboxylic acids is 1. The van der Waals surface area contributed by atoms with E-state index in [-0.39, 0.29) is 17.9 Å². The van der Waals surface area contributed by atoms with Crippen LogP contribution in [0.1, 0.15) is 17.3 Å². The highest BCUT2D eigenvalue weighted by molar-refractivity contribution is 7.93. The molecular weight excluding hydrogens is 276 g/mol. The van der Waals surface area contributed by atoms with E-state index in [1.54, 1.807) is 6.92 Å². The molecule has 1 aromatic heterocycles. The number of carbonyl (C=O) groups is 2. The number of hydrogen-bond acceptors (Lipinski definition) is 6. The Morgan fingerprint density at radius 1 is 1.47 bits per heavy atom. The number of rotatable bonds is 6. The molecule has 0 amide bonds. The summed E-state index contributed by atoms with van der Waals surface area (Å²) in [6.45, 7) is 1.60. The Labute approximate surface area is 109 Å². The predicted molar refractivity (Wildman–Crippen MR) is 65.2 cm³/mol. The van der Waals surface area contributed by atoms with E-state index in [1.165, 1.54) is 6.20 Å². The number of hydrogen-bond donors (Lipinski definition) is 2. The maximum atomic E-state index is 11.6. The predicted octanol–water partition coefficient (Wildman–Crippen LogP) is 0.0846. The third-order valence-electron chi connectivity index (χ3n) is 1.93. The maximum absolute atomic E-state index is 11.6. The number of ether oxygens (including phenoxy) is 1. The Bertz CT molecular complexity index is 583. The summed E-state index contributed by atoms with van der Waals surface area (Å²) in [6, 6.07) is 1.14. The SMILES string of the molecule is CCOC(=O)CS(=O)(=O)Nc1cnccc1C(=O)O. The standard InChI is InChI=1S/C10H12N2O6S/c1-2-18-9(13)6-19(16,17)12-8-5-11-4-3-7(8)10(14)15/h3-5,12H,2,6H2,1H3,(H,14,15). The van der Waals surface area contributed by atoms with Crippen molar-refractivity contribution in [2.75, 3.05) is 17.1 Å². The van der Waals surface area contributed by atoms with E-state index in [4.69, 9.17) is 5.11 Å². The van der Waals surface area contributed by atoms with Gasteiger partial charge in [0, 0.05) is 6.20 Å². The average Bonchev–Trinajstić information content (AvgIpc) is 2.28. The highest BCUT2D eigenvalue weighted by atomic mass is 32.2. The van der Waals surface area contributed by atoms with Crippen LogP contribution in [-0.2, 0) is 19.6 Å². The number of nitrogens with zero attached hydrogens (tertiary/aromatic N) is 1. The van der Waals surface area contributed by atoms with Crippen molar-refractivity contribution in [2.24, 2.45) is 0 Å². The number of sulfonamides is 1. The Hall–Kier alpha value is -2.16. The van der Waals surface area contributed by atoms with Gasteiger partial charge >= 0.3 is 11.9 Å².